The highest BCUT2D eigenvalue weighted by atomic mass is 16.5. The summed E-state index contributed by atoms with van der Waals surface area (Å²) in [5, 5.41) is 3.83. The van der Waals surface area contributed by atoms with E-state index in [1.807, 2.05) is 67.6 Å². The Balaban J connectivity index is 1.76. The smallest absolute Gasteiger partial charge is 0.252 e. The van der Waals surface area contributed by atoms with Crippen molar-refractivity contribution in [3.05, 3.63) is 89.7 Å². The number of pyridine rings is 2. The monoisotopic (exact) mass is 383 g/mol. The van der Waals surface area contributed by atoms with Crippen molar-refractivity contribution in [2.75, 3.05) is 7.11 Å². The van der Waals surface area contributed by atoms with Crippen LogP contribution < -0.4 is 10.1 Å². The van der Waals surface area contributed by atoms with E-state index in [4.69, 9.17) is 9.72 Å². The second-order valence-corrected chi connectivity index (χ2v) is 6.85. The quantitative estimate of drug-likeness (QED) is 0.549. The zero-order valence-corrected chi connectivity index (χ0v) is 16.3. The minimum Gasteiger partial charge on any atom is -0.497 e. The van der Waals surface area contributed by atoms with E-state index in [1.165, 1.54) is 0 Å². The molecule has 2 heterocycles. The van der Waals surface area contributed by atoms with Gasteiger partial charge in [-0.25, -0.2) is 4.98 Å². The summed E-state index contributed by atoms with van der Waals surface area (Å²) in [5.74, 6) is 0.604. The summed E-state index contributed by atoms with van der Waals surface area (Å²) in [6.45, 7) is 2.42. The first-order valence-corrected chi connectivity index (χ1v) is 9.37. The molecule has 4 aromatic rings. The van der Waals surface area contributed by atoms with Gasteiger partial charge in [0.15, 0.2) is 0 Å². The number of hydrogen-bond acceptors (Lipinski definition) is 4. The summed E-state index contributed by atoms with van der Waals surface area (Å²) in [4.78, 5) is 21.9. The maximum atomic E-state index is 13.1. The summed E-state index contributed by atoms with van der Waals surface area (Å²) in [7, 11) is 1.63. The van der Waals surface area contributed by atoms with Gasteiger partial charge >= 0.3 is 0 Å². The van der Waals surface area contributed by atoms with Gasteiger partial charge in [0.1, 0.15) is 5.75 Å². The van der Waals surface area contributed by atoms with Crippen molar-refractivity contribution in [1.82, 2.24) is 15.3 Å². The number of aromatic nitrogens is 2. The fourth-order valence-electron chi connectivity index (χ4n) is 3.24. The Kier molecular flexibility index (Phi) is 5.20. The van der Waals surface area contributed by atoms with Crippen LogP contribution in [0.4, 0.5) is 0 Å². The lowest BCUT2D eigenvalue weighted by molar-refractivity contribution is 0.0952. The van der Waals surface area contributed by atoms with Crippen molar-refractivity contribution >= 4 is 16.8 Å². The average molecular weight is 383 g/mol. The molecule has 0 saturated carbocycles. The Hall–Kier alpha value is -3.73. The van der Waals surface area contributed by atoms with Crippen LogP contribution in [0.2, 0.25) is 0 Å². The third-order valence-corrected chi connectivity index (χ3v) is 4.75. The Labute approximate surface area is 169 Å². The van der Waals surface area contributed by atoms with Gasteiger partial charge in [0.05, 0.1) is 23.9 Å². The van der Waals surface area contributed by atoms with Crippen molar-refractivity contribution in [2.45, 2.75) is 13.5 Å². The zero-order chi connectivity index (χ0) is 20.2. The molecule has 0 saturated heterocycles. The molecule has 2 aromatic carbocycles. The molecule has 5 nitrogen and oxygen atoms in total. The fraction of sp³-hybridized carbons (Fsp3) is 0.125. The van der Waals surface area contributed by atoms with E-state index < -0.39 is 0 Å². The number of carbonyl (C=O) groups excluding carboxylic acids is 1. The third-order valence-electron chi connectivity index (χ3n) is 4.75. The highest BCUT2D eigenvalue weighted by molar-refractivity contribution is 6.07. The minimum absolute atomic E-state index is 0.143. The Morgan fingerprint density at radius 2 is 1.97 bits per heavy atom. The van der Waals surface area contributed by atoms with Crippen LogP contribution in [-0.2, 0) is 6.54 Å². The number of aryl methyl sites for hydroxylation is 1. The fourth-order valence-corrected chi connectivity index (χ4v) is 3.24. The van der Waals surface area contributed by atoms with Gasteiger partial charge in [-0.3, -0.25) is 9.78 Å². The number of hydrogen-bond donors (Lipinski definition) is 1. The van der Waals surface area contributed by atoms with E-state index in [2.05, 4.69) is 10.3 Å². The first kappa shape index (κ1) is 18.6. The molecule has 0 aliphatic carbocycles. The number of carbonyl (C=O) groups is 1. The molecule has 0 unspecified atom stereocenters. The number of ether oxygens (including phenoxy) is 1. The maximum absolute atomic E-state index is 13.1. The molecule has 0 spiro atoms. The van der Waals surface area contributed by atoms with Gasteiger partial charge in [-0.1, -0.05) is 29.8 Å². The van der Waals surface area contributed by atoms with Crippen LogP contribution in [0.3, 0.4) is 0 Å². The van der Waals surface area contributed by atoms with Crippen molar-refractivity contribution in [1.29, 1.82) is 0 Å². The number of rotatable bonds is 5. The van der Waals surface area contributed by atoms with E-state index in [0.717, 1.165) is 39.0 Å². The van der Waals surface area contributed by atoms with Gasteiger partial charge in [-0.2, -0.15) is 0 Å². The van der Waals surface area contributed by atoms with E-state index in [9.17, 15) is 4.79 Å². The van der Waals surface area contributed by atoms with Crippen LogP contribution >= 0.6 is 0 Å². The van der Waals surface area contributed by atoms with Crippen molar-refractivity contribution < 1.29 is 9.53 Å². The zero-order valence-electron chi connectivity index (χ0n) is 16.3. The third kappa shape index (κ3) is 4.09. The summed E-state index contributed by atoms with van der Waals surface area (Å²) < 4.78 is 5.33. The van der Waals surface area contributed by atoms with Crippen LogP contribution in [0.25, 0.3) is 22.2 Å². The molecule has 0 fully saturated rings. The molecule has 0 bridgehead atoms. The molecule has 0 radical (unpaired) electrons. The van der Waals surface area contributed by atoms with E-state index in [1.54, 1.807) is 19.5 Å². The van der Waals surface area contributed by atoms with Crippen LogP contribution in [0, 0.1) is 6.92 Å². The molecule has 1 N–H and O–H groups in total. The average Bonchev–Trinajstić information content (AvgIpc) is 2.77. The van der Waals surface area contributed by atoms with E-state index in [-0.39, 0.29) is 5.91 Å². The maximum Gasteiger partial charge on any atom is 0.252 e. The molecule has 0 aliphatic rings. The normalized spacial score (nSPS) is 10.7. The number of methoxy groups -OCH3 is 1. The number of nitrogens with one attached hydrogen (secondary N) is 1. The number of nitrogens with zero attached hydrogens (tertiary/aromatic N) is 2. The summed E-state index contributed by atoms with van der Waals surface area (Å²) in [6.07, 6.45) is 3.46. The largest absolute Gasteiger partial charge is 0.497 e. The first-order chi connectivity index (χ1) is 14.1. The molecule has 1 amide bonds. The number of fused-ring (bicyclic) bond motifs is 1. The number of benzene rings is 2. The first-order valence-electron chi connectivity index (χ1n) is 9.37. The molecule has 144 valence electrons. The predicted molar refractivity (Wildman–Crippen MR) is 114 cm³/mol. The van der Waals surface area contributed by atoms with Gasteiger partial charge in [-0.15, -0.1) is 0 Å². The molecule has 4 rings (SSSR count). The van der Waals surface area contributed by atoms with E-state index in [0.29, 0.717) is 12.1 Å². The summed E-state index contributed by atoms with van der Waals surface area (Å²) in [5.41, 5.74) is 5.03. The van der Waals surface area contributed by atoms with Gasteiger partial charge in [0.2, 0.25) is 0 Å². The van der Waals surface area contributed by atoms with E-state index >= 15 is 0 Å². The molecule has 5 heteroatoms. The molecular formula is C24H21N3O2. The standard InChI is InChI=1S/C24H21N3O2/c1-16-8-9-22-20(11-16)21(24(28)26-15-17-5-4-10-25-14-17)13-23(27-22)18-6-3-7-19(12-18)29-2/h3-14H,15H2,1-2H3,(H,26,28). The predicted octanol–water partition coefficient (Wildman–Crippen LogP) is 4.54. The topological polar surface area (TPSA) is 64.1 Å². The minimum atomic E-state index is -0.143. The summed E-state index contributed by atoms with van der Waals surface area (Å²) >= 11 is 0. The van der Waals surface area contributed by atoms with Crippen LogP contribution in [0.1, 0.15) is 21.5 Å². The summed E-state index contributed by atoms with van der Waals surface area (Å²) in [6, 6.07) is 19.3. The molecule has 0 atom stereocenters. The molecule has 29 heavy (non-hydrogen) atoms. The lowest BCUT2D eigenvalue weighted by Gasteiger charge is -2.12. The van der Waals surface area contributed by atoms with Gasteiger partial charge < -0.3 is 10.1 Å². The van der Waals surface area contributed by atoms with Gasteiger partial charge in [-0.05, 0) is 48.9 Å². The van der Waals surface area contributed by atoms with Crippen LogP contribution in [0.15, 0.2) is 73.1 Å². The molecular weight excluding hydrogens is 362 g/mol. The highest BCUT2D eigenvalue weighted by Crippen LogP contribution is 2.28. The van der Waals surface area contributed by atoms with Gasteiger partial charge in [0, 0.05) is 29.9 Å². The second-order valence-electron chi connectivity index (χ2n) is 6.85. The lowest BCUT2D eigenvalue weighted by Crippen LogP contribution is -2.23. The SMILES string of the molecule is COc1cccc(-c2cc(C(=O)NCc3cccnc3)c3cc(C)ccc3n2)c1. The van der Waals surface area contributed by atoms with Crippen molar-refractivity contribution in [3.8, 4) is 17.0 Å². The molecule has 2 aromatic heterocycles. The lowest BCUT2D eigenvalue weighted by atomic mass is 10.0. The van der Waals surface area contributed by atoms with Crippen LogP contribution in [0.5, 0.6) is 5.75 Å². The Morgan fingerprint density at radius 1 is 1.07 bits per heavy atom. The van der Waals surface area contributed by atoms with Crippen molar-refractivity contribution in [3.63, 3.8) is 0 Å². The molecule has 0 aliphatic heterocycles. The Morgan fingerprint density at radius 3 is 2.76 bits per heavy atom. The second kappa shape index (κ2) is 8.10. The highest BCUT2D eigenvalue weighted by Gasteiger charge is 2.14. The van der Waals surface area contributed by atoms with Crippen molar-refractivity contribution in [2.24, 2.45) is 0 Å². The Bertz CT molecular complexity index is 1170. The van der Waals surface area contributed by atoms with Gasteiger partial charge in [0.25, 0.3) is 5.91 Å². The van der Waals surface area contributed by atoms with Crippen LogP contribution in [-0.4, -0.2) is 23.0 Å². The number of amides is 1.